The van der Waals surface area contributed by atoms with Crippen molar-refractivity contribution in [3.05, 3.63) is 18.2 Å². The molecule has 2 aliphatic heterocycles. The van der Waals surface area contributed by atoms with E-state index in [0.717, 1.165) is 6.42 Å². The van der Waals surface area contributed by atoms with Crippen LogP contribution in [0.4, 0.5) is 5.69 Å². The summed E-state index contributed by atoms with van der Waals surface area (Å²) in [5, 5.41) is 2.68. The van der Waals surface area contributed by atoms with Gasteiger partial charge in [0.25, 0.3) is 5.91 Å². The Labute approximate surface area is 174 Å². The fourth-order valence-corrected chi connectivity index (χ4v) is 4.97. The Hall–Kier alpha value is -2.42. The molecular weight excluding hydrogens is 396 g/mol. The fourth-order valence-electron chi connectivity index (χ4n) is 3.55. The third-order valence-electron chi connectivity index (χ3n) is 4.89. The van der Waals surface area contributed by atoms with Gasteiger partial charge in [-0.1, -0.05) is 0 Å². The summed E-state index contributed by atoms with van der Waals surface area (Å²) >= 11 is 1.58. The highest BCUT2D eigenvalue weighted by Crippen LogP contribution is 2.47. The molecule has 2 saturated heterocycles. The number of hydrogen-bond acceptors (Lipinski definition) is 7. The maximum atomic E-state index is 12.4. The van der Waals surface area contributed by atoms with Crippen LogP contribution in [0.15, 0.2) is 18.2 Å². The minimum Gasteiger partial charge on any atom is -0.490 e. The van der Waals surface area contributed by atoms with Gasteiger partial charge in [0.05, 0.1) is 18.1 Å². The molecule has 2 amide bonds. The van der Waals surface area contributed by atoms with E-state index in [0.29, 0.717) is 42.6 Å². The van der Waals surface area contributed by atoms with E-state index in [4.69, 9.17) is 14.2 Å². The van der Waals surface area contributed by atoms with Crippen LogP contribution in [-0.2, 0) is 19.1 Å². The Balaban J connectivity index is 1.55. The second-order valence-electron chi connectivity index (χ2n) is 6.95. The quantitative estimate of drug-likeness (QED) is 0.643. The maximum absolute atomic E-state index is 12.4. The van der Waals surface area contributed by atoms with Crippen LogP contribution in [0, 0.1) is 0 Å². The number of anilines is 1. The summed E-state index contributed by atoms with van der Waals surface area (Å²) in [7, 11) is 0. The topological polar surface area (TPSA) is 94.2 Å². The van der Waals surface area contributed by atoms with E-state index < -0.39 is 24.5 Å². The van der Waals surface area contributed by atoms with Crippen LogP contribution in [0.25, 0.3) is 0 Å². The average molecular weight is 423 g/mol. The van der Waals surface area contributed by atoms with Crippen molar-refractivity contribution in [3.8, 4) is 11.5 Å². The Morgan fingerprint density at radius 1 is 1.24 bits per heavy atom. The first-order chi connectivity index (χ1) is 13.9. The summed E-state index contributed by atoms with van der Waals surface area (Å²) in [6.45, 7) is 6.24. The second-order valence-corrected chi connectivity index (χ2v) is 8.45. The number of esters is 1. The molecule has 2 heterocycles. The molecule has 0 radical (unpaired) electrons. The fraction of sp³-hybridized carbons (Fsp3) is 0.550. The highest BCUT2D eigenvalue weighted by Gasteiger charge is 2.53. The number of thioether (sulfide) groups is 1. The van der Waals surface area contributed by atoms with E-state index >= 15 is 0 Å². The molecule has 158 valence electrons. The molecule has 2 atom stereocenters. The predicted molar refractivity (Wildman–Crippen MR) is 109 cm³/mol. The minimum absolute atomic E-state index is 0.0401. The molecule has 0 bridgehead atoms. The maximum Gasteiger partial charge on any atom is 0.330 e. The van der Waals surface area contributed by atoms with Gasteiger partial charge in [-0.05, 0) is 39.3 Å². The van der Waals surface area contributed by atoms with Crippen LogP contribution in [0.2, 0.25) is 0 Å². The van der Waals surface area contributed by atoms with Crippen LogP contribution < -0.4 is 14.8 Å². The molecule has 1 N–H and O–H groups in total. The largest absolute Gasteiger partial charge is 0.490 e. The first-order valence-electron chi connectivity index (χ1n) is 9.70. The van der Waals surface area contributed by atoms with Crippen LogP contribution in [-0.4, -0.2) is 59.2 Å². The van der Waals surface area contributed by atoms with E-state index in [9.17, 15) is 14.4 Å². The third-order valence-corrected chi connectivity index (χ3v) is 6.39. The lowest BCUT2D eigenvalue weighted by atomic mass is 10.2. The molecule has 8 nitrogen and oxygen atoms in total. The van der Waals surface area contributed by atoms with E-state index in [-0.39, 0.29) is 10.8 Å². The summed E-state index contributed by atoms with van der Waals surface area (Å²) in [4.78, 5) is 38.0. The zero-order valence-electron chi connectivity index (χ0n) is 16.9. The number of nitrogens with zero attached hydrogens (tertiary/aromatic N) is 1. The number of amides is 2. The number of nitrogens with one attached hydrogen (secondary N) is 1. The van der Waals surface area contributed by atoms with Gasteiger partial charge in [-0.15, -0.1) is 11.8 Å². The molecule has 29 heavy (non-hydrogen) atoms. The van der Waals surface area contributed by atoms with Crippen molar-refractivity contribution in [3.63, 3.8) is 0 Å². The normalized spacial score (nSPS) is 22.9. The molecule has 0 aliphatic carbocycles. The van der Waals surface area contributed by atoms with Crippen LogP contribution in [0.5, 0.6) is 11.5 Å². The lowest BCUT2D eigenvalue weighted by Gasteiger charge is -2.29. The molecular formula is C20H26N2O6S. The van der Waals surface area contributed by atoms with Crippen molar-refractivity contribution in [2.45, 2.75) is 44.5 Å². The van der Waals surface area contributed by atoms with Crippen molar-refractivity contribution < 1.29 is 28.6 Å². The number of carbonyl (C=O) groups is 3. The highest BCUT2D eigenvalue weighted by molar-refractivity contribution is 8.01. The minimum atomic E-state index is -0.636. The van der Waals surface area contributed by atoms with Gasteiger partial charge in [0.2, 0.25) is 5.91 Å². The van der Waals surface area contributed by atoms with Crippen LogP contribution in [0.3, 0.4) is 0 Å². The molecule has 3 rings (SSSR count). The van der Waals surface area contributed by atoms with Gasteiger partial charge in [0.1, 0.15) is 6.04 Å². The second kappa shape index (κ2) is 8.94. The third kappa shape index (κ3) is 4.60. The number of benzene rings is 1. The van der Waals surface area contributed by atoms with Crippen LogP contribution in [0.1, 0.15) is 33.6 Å². The van der Waals surface area contributed by atoms with Crippen molar-refractivity contribution in [1.29, 1.82) is 0 Å². The van der Waals surface area contributed by atoms with E-state index in [2.05, 4.69) is 5.32 Å². The van der Waals surface area contributed by atoms with Gasteiger partial charge in [-0.25, -0.2) is 4.79 Å². The van der Waals surface area contributed by atoms with E-state index in [1.807, 2.05) is 20.8 Å². The molecule has 0 spiro atoms. The zero-order chi connectivity index (χ0) is 21.0. The number of carbonyl (C=O) groups excluding carboxylic acids is 3. The van der Waals surface area contributed by atoms with Crippen molar-refractivity contribution in [2.75, 3.05) is 30.9 Å². The first kappa shape index (κ1) is 21.3. The lowest BCUT2D eigenvalue weighted by Crippen LogP contribution is -2.47. The summed E-state index contributed by atoms with van der Waals surface area (Å²) < 4.78 is 16.2. The lowest BCUT2D eigenvalue weighted by molar-refractivity contribution is -0.155. The SMILES string of the molecule is CCOc1ccc(NC(=O)COC(=O)[C@@H]2CS[C@]3(C)CCC(=O)N23)cc1OCC. The molecule has 9 heteroatoms. The summed E-state index contributed by atoms with van der Waals surface area (Å²) in [6.07, 6.45) is 1.16. The number of hydrogen-bond donors (Lipinski definition) is 1. The molecule has 1 aromatic carbocycles. The standard InChI is InChI=1S/C20H26N2O6S/c1-4-26-15-7-6-13(10-16(15)27-5-2)21-17(23)11-28-19(25)14-12-29-20(3)9-8-18(24)22(14)20/h6-7,10,14H,4-5,8-9,11-12H2,1-3H3,(H,21,23)/t14-,20+/m0/s1. The Morgan fingerprint density at radius 2 is 1.97 bits per heavy atom. The van der Waals surface area contributed by atoms with Crippen molar-refractivity contribution in [2.24, 2.45) is 0 Å². The van der Waals surface area contributed by atoms with E-state index in [1.54, 1.807) is 34.9 Å². The molecule has 0 unspecified atom stereocenters. The Bertz CT molecular complexity index is 801. The van der Waals surface area contributed by atoms with Crippen LogP contribution >= 0.6 is 11.8 Å². The van der Waals surface area contributed by atoms with Gasteiger partial charge in [-0.3, -0.25) is 9.59 Å². The van der Waals surface area contributed by atoms with Gasteiger partial charge < -0.3 is 24.4 Å². The van der Waals surface area contributed by atoms with Gasteiger partial charge in [-0.2, -0.15) is 0 Å². The number of rotatable bonds is 8. The molecule has 2 aliphatic rings. The van der Waals surface area contributed by atoms with Gasteiger partial charge in [0.15, 0.2) is 18.1 Å². The van der Waals surface area contributed by atoms with E-state index in [1.165, 1.54) is 0 Å². The Morgan fingerprint density at radius 3 is 2.69 bits per heavy atom. The van der Waals surface area contributed by atoms with Gasteiger partial charge >= 0.3 is 5.97 Å². The summed E-state index contributed by atoms with van der Waals surface area (Å²) in [5.41, 5.74) is 0.511. The van der Waals surface area contributed by atoms with Crippen molar-refractivity contribution in [1.82, 2.24) is 4.90 Å². The smallest absolute Gasteiger partial charge is 0.330 e. The summed E-state index contributed by atoms with van der Waals surface area (Å²) in [5.74, 6) is 0.551. The number of fused-ring (bicyclic) bond motifs is 1. The number of ether oxygens (including phenoxy) is 3. The Kier molecular flexibility index (Phi) is 6.56. The monoisotopic (exact) mass is 422 g/mol. The first-order valence-corrected chi connectivity index (χ1v) is 10.7. The predicted octanol–water partition coefficient (Wildman–Crippen LogP) is 2.42. The molecule has 0 saturated carbocycles. The zero-order valence-corrected chi connectivity index (χ0v) is 17.7. The molecule has 2 fully saturated rings. The average Bonchev–Trinajstić information content (AvgIpc) is 3.18. The summed E-state index contributed by atoms with van der Waals surface area (Å²) in [6, 6.07) is 4.43. The highest BCUT2D eigenvalue weighted by atomic mass is 32.2. The van der Waals surface area contributed by atoms with Crippen molar-refractivity contribution >= 4 is 35.2 Å². The van der Waals surface area contributed by atoms with Gasteiger partial charge in [0, 0.05) is 23.9 Å². The molecule has 0 aromatic heterocycles. The molecule has 1 aromatic rings.